The molecule has 0 saturated carbocycles. The van der Waals surface area contributed by atoms with Crippen LogP contribution in [-0.4, -0.2) is 50.6 Å². The van der Waals surface area contributed by atoms with Crippen molar-refractivity contribution in [2.75, 3.05) is 0 Å². The summed E-state index contributed by atoms with van der Waals surface area (Å²) in [5.74, 6) is -2.45. The first kappa shape index (κ1) is 32.9. The van der Waals surface area contributed by atoms with Gasteiger partial charge in [0.15, 0.2) is 0 Å². The van der Waals surface area contributed by atoms with Crippen molar-refractivity contribution in [3.8, 4) is 11.5 Å². The van der Waals surface area contributed by atoms with Crippen LogP contribution in [0, 0.1) is 0 Å². The summed E-state index contributed by atoms with van der Waals surface area (Å²) in [6.45, 7) is 1.88. The minimum atomic E-state index is -1.00. The first-order chi connectivity index (χ1) is 18.6. The molecule has 10 heteroatoms. The van der Waals surface area contributed by atoms with Crippen molar-refractivity contribution >= 4 is 23.9 Å². The van der Waals surface area contributed by atoms with Gasteiger partial charge in [0.05, 0.1) is 11.1 Å². The number of aromatic carboxylic acids is 2. The Hall–Kier alpha value is -4.08. The lowest BCUT2D eigenvalue weighted by Gasteiger charge is -2.19. The molecule has 2 aromatic rings. The van der Waals surface area contributed by atoms with Gasteiger partial charge in [-0.1, -0.05) is 45.4 Å². The van der Waals surface area contributed by atoms with Crippen LogP contribution in [-0.2, 0) is 9.59 Å². The second-order valence-electron chi connectivity index (χ2n) is 8.85. The summed E-state index contributed by atoms with van der Waals surface area (Å²) >= 11 is 0. The van der Waals surface area contributed by atoms with E-state index in [1.165, 1.54) is 24.3 Å². The predicted molar refractivity (Wildman–Crippen MR) is 144 cm³/mol. The van der Waals surface area contributed by atoms with Crippen LogP contribution >= 0.6 is 0 Å². The molecule has 0 saturated heterocycles. The molecule has 4 N–H and O–H groups in total. The van der Waals surface area contributed by atoms with Gasteiger partial charge in [0, 0.05) is 19.3 Å². The average Bonchev–Trinajstić information content (AvgIpc) is 2.90. The molecule has 2 aromatic carbocycles. The highest BCUT2D eigenvalue weighted by atomic mass is 16.7. The Balaban J connectivity index is 0.000000420. The number of carboxylic acid groups (broad SMARTS) is 4. The van der Waals surface area contributed by atoms with E-state index in [0.717, 1.165) is 51.4 Å². The molecule has 0 bridgehead atoms. The van der Waals surface area contributed by atoms with Gasteiger partial charge in [-0.15, -0.1) is 0 Å². The second-order valence-corrected chi connectivity index (χ2v) is 8.85. The fourth-order valence-corrected chi connectivity index (χ4v) is 3.46. The summed E-state index contributed by atoms with van der Waals surface area (Å²) in [7, 11) is 0. The molecule has 0 fully saturated rings. The second kappa shape index (κ2) is 19.1. The highest BCUT2D eigenvalue weighted by Gasteiger charge is 2.12. The van der Waals surface area contributed by atoms with E-state index in [1.54, 1.807) is 24.3 Å². The van der Waals surface area contributed by atoms with E-state index in [2.05, 4.69) is 0 Å². The Morgan fingerprint density at radius 1 is 0.564 bits per heavy atom. The minimum Gasteiger partial charge on any atom is -0.481 e. The van der Waals surface area contributed by atoms with E-state index in [-0.39, 0.29) is 24.0 Å². The molecule has 0 aliphatic rings. The van der Waals surface area contributed by atoms with Crippen molar-refractivity contribution in [3.63, 3.8) is 0 Å². The third kappa shape index (κ3) is 15.7. The lowest BCUT2D eigenvalue weighted by Crippen LogP contribution is -2.22. The number of hydrogen-bond donors (Lipinski definition) is 4. The summed E-state index contributed by atoms with van der Waals surface area (Å²) in [5, 5.41) is 34.5. The van der Waals surface area contributed by atoms with Crippen molar-refractivity contribution in [1.29, 1.82) is 0 Å². The van der Waals surface area contributed by atoms with E-state index in [4.69, 9.17) is 29.9 Å². The van der Waals surface area contributed by atoms with Crippen LogP contribution in [0.2, 0.25) is 0 Å². The van der Waals surface area contributed by atoms with Gasteiger partial charge < -0.3 is 29.9 Å². The van der Waals surface area contributed by atoms with E-state index < -0.39 is 30.2 Å². The van der Waals surface area contributed by atoms with Gasteiger partial charge in [-0.2, -0.15) is 0 Å². The maximum Gasteiger partial charge on any atom is 0.335 e. The zero-order valence-corrected chi connectivity index (χ0v) is 22.2. The van der Waals surface area contributed by atoms with E-state index in [0.29, 0.717) is 17.9 Å². The first-order valence-corrected chi connectivity index (χ1v) is 13.1. The van der Waals surface area contributed by atoms with Crippen LogP contribution in [0.1, 0.15) is 98.3 Å². The van der Waals surface area contributed by atoms with Crippen LogP contribution in [0.15, 0.2) is 48.5 Å². The molecular formula is C29H38O10. The summed E-state index contributed by atoms with van der Waals surface area (Å²) < 4.78 is 11.3. The van der Waals surface area contributed by atoms with Gasteiger partial charge in [-0.3, -0.25) is 9.59 Å². The zero-order chi connectivity index (χ0) is 29.0. The van der Waals surface area contributed by atoms with Gasteiger partial charge in [0.25, 0.3) is 0 Å². The van der Waals surface area contributed by atoms with Gasteiger partial charge in [0.2, 0.25) is 6.29 Å². The Kier molecular flexibility index (Phi) is 16.1. The number of benzene rings is 2. The molecule has 0 radical (unpaired) electrons. The molecule has 0 atom stereocenters. The van der Waals surface area contributed by atoms with Crippen LogP contribution in [0.3, 0.4) is 0 Å². The molecule has 10 nitrogen and oxygen atoms in total. The summed E-state index contributed by atoms with van der Waals surface area (Å²) in [6, 6.07) is 12.0. The number of rotatable bonds is 18. The molecule has 0 aromatic heterocycles. The summed E-state index contributed by atoms with van der Waals surface area (Å²) in [4.78, 5) is 42.0. The van der Waals surface area contributed by atoms with Crippen LogP contribution in [0.5, 0.6) is 11.5 Å². The smallest absolute Gasteiger partial charge is 0.335 e. The summed E-state index contributed by atoms with van der Waals surface area (Å²) in [6.07, 6.45) is 8.50. The van der Waals surface area contributed by atoms with Crippen molar-refractivity contribution < 1.29 is 49.1 Å². The number of aliphatic carboxylic acids is 2. The monoisotopic (exact) mass is 546 g/mol. The van der Waals surface area contributed by atoms with Crippen LogP contribution in [0.4, 0.5) is 0 Å². The van der Waals surface area contributed by atoms with Gasteiger partial charge in [-0.05, 0) is 61.4 Å². The SMILES string of the molecule is CCC(Oc1ccc(C(=O)O)cc1)Oc1ccc(C(=O)O)cc1.O=C(O)CCCCCCCCCCC(=O)O. The molecule has 0 aliphatic carbocycles. The highest BCUT2D eigenvalue weighted by Crippen LogP contribution is 2.19. The molecule has 0 spiro atoms. The molecule has 0 unspecified atom stereocenters. The van der Waals surface area contributed by atoms with E-state index in [9.17, 15) is 19.2 Å². The molecule has 214 valence electrons. The largest absolute Gasteiger partial charge is 0.481 e. The average molecular weight is 547 g/mol. The molecule has 0 heterocycles. The van der Waals surface area contributed by atoms with Crippen LogP contribution in [0.25, 0.3) is 0 Å². The van der Waals surface area contributed by atoms with Crippen molar-refractivity contribution in [3.05, 3.63) is 59.7 Å². The maximum absolute atomic E-state index is 10.8. The van der Waals surface area contributed by atoms with E-state index in [1.807, 2.05) is 6.92 Å². The highest BCUT2D eigenvalue weighted by molar-refractivity contribution is 5.88. The number of carboxylic acids is 4. The van der Waals surface area contributed by atoms with Crippen LogP contribution < -0.4 is 9.47 Å². The molecule has 2 rings (SSSR count). The third-order valence-electron chi connectivity index (χ3n) is 5.60. The standard InChI is InChI=1S/C17H16O6.C12H22O4/c1-2-15(22-13-7-3-11(4-8-13)16(18)19)23-14-9-5-12(6-10-14)17(20)21;13-11(14)9-7-5-3-1-2-4-6-8-10-12(15)16/h3-10,15H,2H2,1H3,(H,18,19)(H,20,21);1-10H2,(H,13,14)(H,15,16). The lowest BCUT2D eigenvalue weighted by atomic mass is 10.1. The fourth-order valence-electron chi connectivity index (χ4n) is 3.46. The molecular weight excluding hydrogens is 508 g/mol. The zero-order valence-electron chi connectivity index (χ0n) is 22.2. The third-order valence-corrected chi connectivity index (χ3v) is 5.60. The Morgan fingerprint density at radius 3 is 1.13 bits per heavy atom. The maximum atomic E-state index is 10.8. The van der Waals surface area contributed by atoms with Gasteiger partial charge in [-0.25, -0.2) is 9.59 Å². The lowest BCUT2D eigenvalue weighted by molar-refractivity contribution is -0.138. The Morgan fingerprint density at radius 2 is 0.872 bits per heavy atom. The van der Waals surface area contributed by atoms with Gasteiger partial charge in [0.1, 0.15) is 11.5 Å². The predicted octanol–water partition coefficient (Wildman–Crippen LogP) is 6.33. The number of unbranched alkanes of at least 4 members (excludes halogenated alkanes) is 7. The molecule has 0 aliphatic heterocycles. The van der Waals surface area contributed by atoms with Gasteiger partial charge >= 0.3 is 23.9 Å². The fraction of sp³-hybridized carbons (Fsp3) is 0.448. The van der Waals surface area contributed by atoms with Crippen molar-refractivity contribution in [2.24, 2.45) is 0 Å². The normalized spacial score (nSPS) is 10.3. The Bertz CT molecular complexity index is 934. The van der Waals surface area contributed by atoms with E-state index >= 15 is 0 Å². The topological polar surface area (TPSA) is 168 Å². The first-order valence-electron chi connectivity index (χ1n) is 13.1. The molecule has 0 amide bonds. The quantitative estimate of drug-likeness (QED) is 0.122. The molecule has 39 heavy (non-hydrogen) atoms. The number of ether oxygens (including phenoxy) is 2. The van der Waals surface area contributed by atoms with Crippen molar-refractivity contribution in [2.45, 2.75) is 83.8 Å². The minimum absolute atomic E-state index is 0.176. The Labute approximate surface area is 228 Å². The summed E-state index contributed by atoms with van der Waals surface area (Å²) in [5.41, 5.74) is 0.353. The van der Waals surface area contributed by atoms with Crippen molar-refractivity contribution in [1.82, 2.24) is 0 Å². The number of carbonyl (C=O) groups is 4. The number of hydrogen-bond acceptors (Lipinski definition) is 6.